The molecule has 0 N–H and O–H groups in total. The number of alkyl halides is 3. The lowest BCUT2D eigenvalue weighted by Gasteiger charge is -2.48. The van der Waals surface area contributed by atoms with Crippen LogP contribution in [-0.4, -0.2) is 13.3 Å². The maximum absolute atomic E-state index is 12.7. The Morgan fingerprint density at radius 1 is 1.08 bits per heavy atom. The Morgan fingerprint density at radius 3 is 2.08 bits per heavy atom. The Bertz CT molecular complexity index is 626. The first kappa shape index (κ1) is 18.8. The van der Waals surface area contributed by atoms with Crippen LogP contribution in [0.25, 0.3) is 6.08 Å². The summed E-state index contributed by atoms with van der Waals surface area (Å²) in [6.07, 6.45) is 4.21. The average molecular weight is 354 g/mol. The van der Waals surface area contributed by atoms with Gasteiger partial charge in [-0.2, -0.15) is 13.2 Å². The molecule has 0 fully saturated rings. The molecule has 0 aliphatic carbocycles. The van der Waals surface area contributed by atoms with Crippen LogP contribution < -0.4 is 0 Å². The molecule has 1 aliphatic heterocycles. The van der Waals surface area contributed by atoms with Crippen molar-refractivity contribution in [3.8, 4) is 0 Å². The highest BCUT2D eigenvalue weighted by atomic mass is 28.3. The van der Waals surface area contributed by atoms with Crippen molar-refractivity contribution in [2.45, 2.75) is 56.7 Å². The van der Waals surface area contributed by atoms with Gasteiger partial charge in [0.2, 0.25) is 0 Å². The molecular formula is C19H25F3OSi. The second kappa shape index (κ2) is 6.10. The van der Waals surface area contributed by atoms with E-state index in [9.17, 15) is 13.2 Å². The largest absolute Gasteiger partial charge is 0.495 e. The van der Waals surface area contributed by atoms with Crippen LogP contribution in [0, 0.1) is 0 Å². The minimum Gasteiger partial charge on any atom is -0.495 e. The molecule has 1 unspecified atom stereocenters. The molecule has 1 nitrogen and oxygen atoms in total. The van der Waals surface area contributed by atoms with Gasteiger partial charge in [-0.15, -0.1) is 0 Å². The minimum absolute atomic E-state index is 0.128. The molecule has 0 amide bonds. The van der Waals surface area contributed by atoms with E-state index in [1.54, 1.807) is 6.26 Å². The van der Waals surface area contributed by atoms with Gasteiger partial charge in [-0.1, -0.05) is 52.1 Å². The summed E-state index contributed by atoms with van der Waals surface area (Å²) < 4.78 is 44.0. The Balaban J connectivity index is 2.30. The molecular weight excluding hydrogens is 329 g/mol. The van der Waals surface area contributed by atoms with Crippen LogP contribution in [0.5, 0.6) is 0 Å². The highest BCUT2D eigenvalue weighted by Crippen LogP contribution is 2.48. The standard InChI is InChI=1S/C19H25F3OSi/c1-17(2,3)24(4,5)18(12-6-14-23-18)13-11-15-7-9-16(10-8-15)19(20,21)22/h6-11,13-14H,12H2,1-5H3/b13-11+. The monoisotopic (exact) mass is 354 g/mol. The van der Waals surface area contributed by atoms with Crippen LogP contribution >= 0.6 is 0 Å². The quantitative estimate of drug-likeness (QED) is 0.568. The molecule has 0 aromatic heterocycles. The van der Waals surface area contributed by atoms with Crippen molar-refractivity contribution >= 4 is 14.1 Å². The third kappa shape index (κ3) is 3.46. The summed E-state index contributed by atoms with van der Waals surface area (Å²) >= 11 is 0. The topological polar surface area (TPSA) is 9.23 Å². The van der Waals surface area contributed by atoms with Crippen molar-refractivity contribution in [1.29, 1.82) is 0 Å². The van der Waals surface area contributed by atoms with E-state index in [1.165, 1.54) is 12.1 Å². The Hall–Kier alpha value is -1.49. The summed E-state index contributed by atoms with van der Waals surface area (Å²) in [5, 5.41) is -0.239. The van der Waals surface area contributed by atoms with Gasteiger partial charge in [-0.05, 0) is 34.9 Å². The fraction of sp³-hybridized carbons (Fsp3) is 0.474. The van der Waals surface area contributed by atoms with E-state index < -0.39 is 19.8 Å². The molecule has 24 heavy (non-hydrogen) atoms. The molecule has 0 saturated heterocycles. The number of ether oxygens (including phenoxy) is 1. The number of hydrogen-bond acceptors (Lipinski definition) is 1. The lowest BCUT2D eigenvalue weighted by Crippen LogP contribution is -2.58. The molecule has 0 saturated carbocycles. The first-order chi connectivity index (χ1) is 10.9. The zero-order valence-electron chi connectivity index (χ0n) is 14.9. The van der Waals surface area contributed by atoms with Gasteiger partial charge in [0.15, 0.2) is 0 Å². The fourth-order valence-electron chi connectivity index (χ4n) is 2.81. The highest BCUT2D eigenvalue weighted by molar-refractivity contribution is 6.83. The number of halogens is 3. The molecule has 1 aliphatic rings. The molecule has 2 rings (SSSR count). The Kier molecular flexibility index (Phi) is 4.79. The molecule has 1 atom stereocenters. The summed E-state index contributed by atoms with van der Waals surface area (Å²) in [5.41, 5.74) is 0.120. The van der Waals surface area contributed by atoms with Gasteiger partial charge in [0.05, 0.1) is 11.8 Å². The summed E-state index contributed by atoms with van der Waals surface area (Å²) in [5.74, 6) is 0. The van der Waals surface area contributed by atoms with E-state index in [1.807, 2.05) is 18.2 Å². The second-order valence-corrected chi connectivity index (χ2v) is 13.5. The van der Waals surface area contributed by atoms with Gasteiger partial charge in [0.25, 0.3) is 0 Å². The lowest BCUT2D eigenvalue weighted by molar-refractivity contribution is -0.137. The van der Waals surface area contributed by atoms with E-state index in [0.29, 0.717) is 0 Å². The SMILES string of the molecule is CC(C)(C)[Si](C)(C)C1(/C=C/c2ccc(C(F)(F)F)cc2)CC=CO1. The molecule has 0 spiro atoms. The van der Waals surface area contributed by atoms with Gasteiger partial charge in [-0.25, -0.2) is 0 Å². The predicted octanol–water partition coefficient (Wildman–Crippen LogP) is 6.44. The summed E-state index contributed by atoms with van der Waals surface area (Å²) in [4.78, 5) is 0. The second-order valence-electron chi connectivity index (χ2n) is 7.91. The number of benzene rings is 1. The van der Waals surface area contributed by atoms with Crippen molar-refractivity contribution in [3.05, 3.63) is 53.8 Å². The van der Waals surface area contributed by atoms with Crippen molar-refractivity contribution in [1.82, 2.24) is 0 Å². The Morgan fingerprint density at radius 2 is 1.67 bits per heavy atom. The van der Waals surface area contributed by atoms with Crippen LogP contribution in [0.4, 0.5) is 13.2 Å². The first-order valence-corrected chi connectivity index (χ1v) is 11.1. The molecule has 1 aromatic carbocycles. The van der Waals surface area contributed by atoms with E-state index in [0.717, 1.165) is 24.1 Å². The smallest absolute Gasteiger partial charge is 0.416 e. The first-order valence-electron chi connectivity index (χ1n) is 8.08. The lowest BCUT2D eigenvalue weighted by atomic mass is 10.1. The third-order valence-corrected chi connectivity index (χ3v) is 11.9. The minimum atomic E-state index is -4.30. The van der Waals surface area contributed by atoms with Crippen LogP contribution in [-0.2, 0) is 10.9 Å². The van der Waals surface area contributed by atoms with Gasteiger partial charge < -0.3 is 4.74 Å². The molecule has 132 valence electrons. The van der Waals surface area contributed by atoms with Crippen molar-refractivity contribution in [2.75, 3.05) is 0 Å². The normalized spacial score (nSPS) is 22.2. The highest BCUT2D eigenvalue weighted by Gasteiger charge is 2.54. The van der Waals surface area contributed by atoms with Crippen molar-refractivity contribution in [2.24, 2.45) is 0 Å². The van der Waals surface area contributed by atoms with E-state index in [4.69, 9.17) is 4.74 Å². The molecule has 5 heteroatoms. The van der Waals surface area contributed by atoms with E-state index in [-0.39, 0.29) is 10.3 Å². The third-order valence-electron chi connectivity index (χ3n) is 5.51. The van der Waals surface area contributed by atoms with Gasteiger partial charge in [-0.3, -0.25) is 0 Å². The summed E-state index contributed by atoms with van der Waals surface area (Å²) in [6.45, 7) is 11.3. The molecule has 0 radical (unpaired) electrons. The van der Waals surface area contributed by atoms with Gasteiger partial charge in [0, 0.05) is 6.42 Å². The maximum Gasteiger partial charge on any atom is 0.416 e. The predicted molar refractivity (Wildman–Crippen MR) is 95.2 cm³/mol. The molecule has 1 heterocycles. The van der Waals surface area contributed by atoms with Crippen LogP contribution in [0.2, 0.25) is 18.1 Å². The zero-order valence-corrected chi connectivity index (χ0v) is 15.9. The van der Waals surface area contributed by atoms with Crippen LogP contribution in [0.1, 0.15) is 38.3 Å². The zero-order chi connectivity index (χ0) is 18.2. The molecule has 0 bridgehead atoms. The maximum atomic E-state index is 12.7. The number of rotatable bonds is 3. The van der Waals surface area contributed by atoms with Gasteiger partial charge >= 0.3 is 6.18 Å². The van der Waals surface area contributed by atoms with Crippen molar-refractivity contribution < 1.29 is 17.9 Å². The number of hydrogen-bond donors (Lipinski definition) is 0. The summed E-state index contributed by atoms with van der Waals surface area (Å²) in [6, 6.07) is 5.24. The van der Waals surface area contributed by atoms with Crippen molar-refractivity contribution in [3.63, 3.8) is 0 Å². The van der Waals surface area contributed by atoms with Crippen LogP contribution in [0.3, 0.4) is 0 Å². The van der Waals surface area contributed by atoms with E-state index in [2.05, 4.69) is 33.9 Å². The fourth-order valence-corrected chi connectivity index (χ4v) is 5.57. The van der Waals surface area contributed by atoms with Gasteiger partial charge in [0.1, 0.15) is 13.3 Å². The van der Waals surface area contributed by atoms with E-state index >= 15 is 0 Å². The average Bonchev–Trinajstić information content (AvgIpc) is 2.94. The summed E-state index contributed by atoms with van der Waals surface area (Å²) in [7, 11) is -1.87. The Labute approximate surface area is 143 Å². The van der Waals surface area contributed by atoms with Crippen LogP contribution in [0.15, 0.2) is 42.7 Å². The molecule has 1 aromatic rings.